The molecule has 1 aromatic rings. The summed E-state index contributed by atoms with van der Waals surface area (Å²) in [6.45, 7) is 3.14. The van der Waals surface area contributed by atoms with E-state index in [-0.39, 0.29) is 5.91 Å². The Morgan fingerprint density at radius 1 is 1.30 bits per heavy atom. The molecule has 5 heteroatoms. The number of carbonyl (C=O) groups is 1. The molecule has 1 saturated heterocycles. The van der Waals surface area contributed by atoms with Gasteiger partial charge in [0.05, 0.1) is 26.3 Å². The fourth-order valence-corrected chi connectivity index (χ4v) is 3.34. The summed E-state index contributed by atoms with van der Waals surface area (Å²) in [6.07, 6.45) is 8.29. The van der Waals surface area contributed by atoms with Gasteiger partial charge in [-0.15, -0.1) is 6.42 Å². The summed E-state index contributed by atoms with van der Waals surface area (Å²) in [6, 6.07) is 6.49. The lowest BCUT2D eigenvalue weighted by Gasteiger charge is -2.22. The molecule has 2 atom stereocenters. The molecule has 5 nitrogen and oxygen atoms in total. The molecule has 2 heterocycles. The van der Waals surface area contributed by atoms with Crippen LogP contribution in [0.1, 0.15) is 30.9 Å². The van der Waals surface area contributed by atoms with E-state index in [1.807, 2.05) is 6.07 Å². The molecule has 0 bridgehead atoms. The van der Waals surface area contributed by atoms with Gasteiger partial charge >= 0.3 is 0 Å². The predicted molar refractivity (Wildman–Crippen MR) is 86.6 cm³/mol. The summed E-state index contributed by atoms with van der Waals surface area (Å²) in [5, 5.41) is 2.75. The molecule has 2 aliphatic rings. The quantitative estimate of drug-likeness (QED) is 0.787. The third-order valence-corrected chi connectivity index (χ3v) is 4.43. The highest BCUT2D eigenvalue weighted by molar-refractivity contribution is 5.77. The molecular formula is C18H23N2O3+. The van der Waals surface area contributed by atoms with Crippen LogP contribution in [0.3, 0.4) is 0 Å². The Morgan fingerprint density at radius 3 is 2.96 bits per heavy atom. The van der Waals surface area contributed by atoms with Gasteiger partial charge in [-0.2, -0.15) is 0 Å². The summed E-state index contributed by atoms with van der Waals surface area (Å²) in [4.78, 5) is 13.2. The van der Waals surface area contributed by atoms with Gasteiger partial charge < -0.3 is 19.7 Å². The van der Waals surface area contributed by atoms with E-state index in [0.717, 1.165) is 37.3 Å². The first-order chi connectivity index (χ1) is 11.3. The molecule has 0 aromatic heterocycles. The van der Waals surface area contributed by atoms with Gasteiger partial charge in [0.1, 0.15) is 6.04 Å². The van der Waals surface area contributed by atoms with Crippen molar-refractivity contribution in [2.24, 2.45) is 0 Å². The fraction of sp³-hybridized carbons (Fsp3) is 0.500. The van der Waals surface area contributed by atoms with E-state index in [4.69, 9.17) is 15.9 Å². The van der Waals surface area contributed by atoms with Crippen LogP contribution in [0.5, 0.6) is 11.5 Å². The Hall–Kier alpha value is -2.19. The van der Waals surface area contributed by atoms with Crippen LogP contribution in [0, 0.1) is 12.3 Å². The molecule has 0 aliphatic carbocycles. The minimum atomic E-state index is 0.0131. The molecule has 1 fully saturated rings. The highest BCUT2D eigenvalue weighted by atomic mass is 16.5. The molecule has 2 aliphatic heterocycles. The molecule has 0 spiro atoms. The molecule has 2 N–H and O–H groups in total. The number of carbonyl (C=O) groups excluding carboxylic acids is 1. The third kappa shape index (κ3) is 3.77. The topological polar surface area (TPSA) is 52.0 Å². The van der Waals surface area contributed by atoms with Crippen LogP contribution in [-0.2, 0) is 4.79 Å². The van der Waals surface area contributed by atoms with E-state index in [0.29, 0.717) is 32.3 Å². The molecule has 0 saturated carbocycles. The Labute approximate surface area is 136 Å². The molecule has 0 radical (unpaired) electrons. The predicted octanol–water partition coefficient (Wildman–Crippen LogP) is 0.317. The Kier molecular flexibility index (Phi) is 5.04. The van der Waals surface area contributed by atoms with E-state index in [9.17, 15) is 4.79 Å². The van der Waals surface area contributed by atoms with Gasteiger partial charge in [0.15, 0.2) is 18.0 Å². The Bertz CT molecular complexity index is 609. The maximum absolute atomic E-state index is 11.9. The SMILES string of the molecule is C#CCNC(=O)C[NH+]1CCC[C@H]1c1ccc2c(c1)OCCCO2. The van der Waals surface area contributed by atoms with Gasteiger partial charge in [-0.3, -0.25) is 4.79 Å². The second-order valence-electron chi connectivity index (χ2n) is 6.02. The lowest BCUT2D eigenvalue weighted by atomic mass is 10.0. The number of benzene rings is 1. The first-order valence-electron chi connectivity index (χ1n) is 8.22. The van der Waals surface area contributed by atoms with Crippen LogP contribution in [0.4, 0.5) is 0 Å². The van der Waals surface area contributed by atoms with Gasteiger partial charge in [0.25, 0.3) is 5.91 Å². The molecule has 1 aromatic carbocycles. The zero-order valence-corrected chi connectivity index (χ0v) is 13.3. The molecular weight excluding hydrogens is 292 g/mol. The summed E-state index contributed by atoms with van der Waals surface area (Å²) in [5.41, 5.74) is 1.21. The van der Waals surface area contributed by atoms with Crippen LogP contribution in [0.25, 0.3) is 0 Å². The lowest BCUT2D eigenvalue weighted by molar-refractivity contribution is -0.910. The van der Waals surface area contributed by atoms with Gasteiger partial charge in [-0.25, -0.2) is 0 Å². The average molecular weight is 315 g/mol. The summed E-state index contributed by atoms with van der Waals surface area (Å²) < 4.78 is 11.5. The van der Waals surface area contributed by atoms with E-state index >= 15 is 0 Å². The Balaban J connectivity index is 1.71. The fourth-order valence-electron chi connectivity index (χ4n) is 3.34. The van der Waals surface area contributed by atoms with E-state index in [1.54, 1.807) is 0 Å². The number of rotatable bonds is 4. The monoisotopic (exact) mass is 315 g/mol. The van der Waals surface area contributed by atoms with Crippen molar-refractivity contribution in [3.8, 4) is 23.8 Å². The number of quaternary nitrogens is 1. The molecule has 1 amide bonds. The normalized spacial score (nSPS) is 22.9. The number of nitrogens with one attached hydrogen (secondary N) is 2. The summed E-state index contributed by atoms with van der Waals surface area (Å²) >= 11 is 0. The largest absolute Gasteiger partial charge is 0.490 e. The molecule has 1 unspecified atom stereocenters. The zero-order chi connectivity index (χ0) is 16.1. The first kappa shape index (κ1) is 15.7. The summed E-state index contributed by atoms with van der Waals surface area (Å²) in [5.74, 6) is 4.09. The van der Waals surface area contributed by atoms with Crippen molar-refractivity contribution in [1.29, 1.82) is 0 Å². The number of fused-ring (bicyclic) bond motifs is 1. The summed E-state index contributed by atoms with van der Waals surface area (Å²) in [7, 11) is 0. The highest BCUT2D eigenvalue weighted by Crippen LogP contribution is 2.33. The lowest BCUT2D eigenvalue weighted by Crippen LogP contribution is -3.11. The van der Waals surface area contributed by atoms with Crippen molar-refractivity contribution < 1.29 is 19.2 Å². The van der Waals surface area contributed by atoms with Crippen LogP contribution in [-0.4, -0.2) is 38.8 Å². The van der Waals surface area contributed by atoms with Gasteiger partial charge in [0.2, 0.25) is 0 Å². The van der Waals surface area contributed by atoms with Crippen molar-refractivity contribution in [1.82, 2.24) is 5.32 Å². The van der Waals surface area contributed by atoms with Crippen molar-refractivity contribution in [2.75, 3.05) is 32.8 Å². The highest BCUT2D eigenvalue weighted by Gasteiger charge is 2.32. The second kappa shape index (κ2) is 7.38. The number of hydrogen-bond acceptors (Lipinski definition) is 3. The van der Waals surface area contributed by atoms with Crippen LogP contribution in [0.2, 0.25) is 0 Å². The van der Waals surface area contributed by atoms with E-state index in [1.165, 1.54) is 10.5 Å². The van der Waals surface area contributed by atoms with Crippen LogP contribution >= 0.6 is 0 Å². The van der Waals surface area contributed by atoms with Crippen molar-refractivity contribution >= 4 is 5.91 Å². The first-order valence-corrected chi connectivity index (χ1v) is 8.22. The average Bonchev–Trinajstić information content (AvgIpc) is 2.88. The standard InChI is InChI=1S/C18H22N2O3/c1-2-8-19-18(21)13-20-9-3-5-15(20)14-6-7-16-17(12-14)23-11-4-10-22-16/h1,6-7,12,15H,3-5,8-11,13H2,(H,19,21)/p+1/t15-/m0/s1. The minimum Gasteiger partial charge on any atom is -0.490 e. The number of ether oxygens (including phenoxy) is 2. The van der Waals surface area contributed by atoms with Crippen LogP contribution < -0.4 is 19.7 Å². The second-order valence-corrected chi connectivity index (χ2v) is 6.02. The van der Waals surface area contributed by atoms with Crippen LogP contribution in [0.15, 0.2) is 18.2 Å². The maximum atomic E-state index is 11.9. The molecule has 23 heavy (non-hydrogen) atoms. The smallest absolute Gasteiger partial charge is 0.275 e. The Morgan fingerprint density at radius 2 is 2.13 bits per heavy atom. The number of hydrogen-bond donors (Lipinski definition) is 2. The van der Waals surface area contributed by atoms with E-state index < -0.39 is 0 Å². The van der Waals surface area contributed by atoms with E-state index in [2.05, 4.69) is 23.4 Å². The van der Waals surface area contributed by atoms with Gasteiger partial charge in [0, 0.05) is 24.8 Å². The van der Waals surface area contributed by atoms with Crippen molar-refractivity contribution in [3.05, 3.63) is 23.8 Å². The van der Waals surface area contributed by atoms with Gasteiger partial charge in [-0.1, -0.05) is 5.92 Å². The third-order valence-electron chi connectivity index (χ3n) is 4.43. The van der Waals surface area contributed by atoms with Crippen molar-refractivity contribution in [3.63, 3.8) is 0 Å². The van der Waals surface area contributed by atoms with Gasteiger partial charge in [-0.05, 0) is 18.2 Å². The maximum Gasteiger partial charge on any atom is 0.275 e. The number of terminal acetylenes is 1. The zero-order valence-electron chi connectivity index (χ0n) is 13.3. The number of likely N-dealkylation sites (tertiary alicyclic amines) is 1. The molecule has 122 valence electrons. The molecule has 3 rings (SSSR count). The minimum absolute atomic E-state index is 0.0131. The number of amides is 1. The van der Waals surface area contributed by atoms with Crippen molar-refractivity contribution in [2.45, 2.75) is 25.3 Å².